The molecule has 20 heavy (non-hydrogen) atoms. The van der Waals surface area contributed by atoms with Crippen LogP contribution >= 0.6 is 27.3 Å². The molecule has 2 atom stereocenters. The van der Waals surface area contributed by atoms with Crippen molar-refractivity contribution in [3.05, 3.63) is 10.2 Å². The van der Waals surface area contributed by atoms with Gasteiger partial charge in [-0.05, 0) is 44.1 Å². The zero-order valence-corrected chi connectivity index (χ0v) is 13.8. The molecular formula is C12H19BrN4O2S. The van der Waals surface area contributed by atoms with E-state index in [-0.39, 0.29) is 6.67 Å². The molecule has 1 aromatic heterocycles. The second-order valence-corrected chi connectivity index (χ2v) is 8.11. The first-order valence-corrected chi connectivity index (χ1v) is 8.65. The summed E-state index contributed by atoms with van der Waals surface area (Å²) in [6.45, 7) is 0.622. The fourth-order valence-corrected chi connectivity index (χ4v) is 4.57. The molecule has 1 saturated carbocycles. The summed E-state index contributed by atoms with van der Waals surface area (Å²) < 4.78 is -0.776. The van der Waals surface area contributed by atoms with Crippen molar-refractivity contribution < 1.29 is 5.11 Å². The van der Waals surface area contributed by atoms with Crippen molar-refractivity contribution in [2.45, 2.75) is 42.7 Å². The van der Waals surface area contributed by atoms with E-state index in [1.54, 1.807) is 0 Å². The van der Waals surface area contributed by atoms with Gasteiger partial charge in [-0.1, -0.05) is 21.0 Å². The lowest BCUT2D eigenvalue weighted by Gasteiger charge is -2.36. The molecule has 1 saturated heterocycles. The van der Waals surface area contributed by atoms with Gasteiger partial charge in [0.15, 0.2) is 0 Å². The number of aliphatic hydroxyl groups is 1. The number of alkyl halides is 1. The van der Waals surface area contributed by atoms with Crippen molar-refractivity contribution in [1.29, 1.82) is 0 Å². The molecule has 0 radical (unpaired) electrons. The standard InChI is InChI=1S/C12H19BrN4O2S/c1-16-6-10(18)17(19,7-16)12-15-14-11(20-12)8-2-4-9(13)5-3-8/h8-10,18H,2-7H2,1H3. The van der Waals surface area contributed by atoms with E-state index >= 15 is 0 Å². The summed E-state index contributed by atoms with van der Waals surface area (Å²) in [4.78, 5) is 2.44. The molecule has 1 aliphatic carbocycles. The van der Waals surface area contributed by atoms with Gasteiger partial charge in [-0.15, -0.1) is 5.10 Å². The molecule has 2 unspecified atom stereocenters. The van der Waals surface area contributed by atoms with Crippen LogP contribution in [0.2, 0.25) is 0 Å². The average Bonchev–Trinajstić information content (AvgIpc) is 2.97. The van der Waals surface area contributed by atoms with Gasteiger partial charge < -0.3 is 10.3 Å². The van der Waals surface area contributed by atoms with E-state index in [0.29, 0.717) is 22.4 Å². The maximum atomic E-state index is 12.7. The van der Waals surface area contributed by atoms with Crippen LogP contribution in [0.4, 0.5) is 5.13 Å². The number of nitrogens with zero attached hydrogens (tertiary/aromatic N) is 4. The van der Waals surface area contributed by atoms with Crippen LogP contribution in [0.25, 0.3) is 0 Å². The van der Waals surface area contributed by atoms with Gasteiger partial charge in [0.1, 0.15) is 11.7 Å². The summed E-state index contributed by atoms with van der Waals surface area (Å²) in [5.41, 5.74) is 0. The number of aliphatic hydroxyl groups excluding tert-OH is 1. The predicted octanol–water partition coefficient (Wildman–Crippen LogP) is 1.99. The minimum Gasteiger partial charge on any atom is -0.623 e. The summed E-state index contributed by atoms with van der Waals surface area (Å²) in [5.74, 6) is 0.416. The quantitative estimate of drug-likeness (QED) is 0.494. The highest BCUT2D eigenvalue weighted by molar-refractivity contribution is 9.09. The van der Waals surface area contributed by atoms with Gasteiger partial charge >= 0.3 is 5.13 Å². The highest BCUT2D eigenvalue weighted by Gasteiger charge is 2.42. The first-order valence-electron chi connectivity index (χ1n) is 6.92. The first-order chi connectivity index (χ1) is 9.49. The minimum absolute atomic E-state index is 0.240. The summed E-state index contributed by atoms with van der Waals surface area (Å²) in [7, 11) is 1.83. The smallest absolute Gasteiger partial charge is 0.309 e. The lowest BCUT2D eigenvalue weighted by molar-refractivity contribution is 0.0844. The maximum absolute atomic E-state index is 12.7. The fourth-order valence-electron chi connectivity index (χ4n) is 2.95. The van der Waals surface area contributed by atoms with Crippen molar-refractivity contribution >= 4 is 32.4 Å². The van der Waals surface area contributed by atoms with E-state index in [9.17, 15) is 10.3 Å². The normalized spacial score (nSPS) is 39.3. The van der Waals surface area contributed by atoms with Crippen LogP contribution in [0.5, 0.6) is 0 Å². The molecule has 0 aromatic carbocycles. The molecule has 112 valence electrons. The van der Waals surface area contributed by atoms with Crippen LogP contribution in [0, 0.1) is 5.21 Å². The number of halogens is 1. The molecule has 0 amide bonds. The van der Waals surface area contributed by atoms with Gasteiger partial charge in [0.05, 0.1) is 6.54 Å². The fraction of sp³-hybridized carbons (Fsp3) is 0.833. The lowest BCUT2D eigenvalue weighted by atomic mass is 9.90. The summed E-state index contributed by atoms with van der Waals surface area (Å²) in [5, 5.41) is 32.4. The van der Waals surface area contributed by atoms with E-state index in [2.05, 4.69) is 26.1 Å². The highest BCUT2D eigenvalue weighted by atomic mass is 79.9. The Kier molecular flexibility index (Phi) is 4.13. The van der Waals surface area contributed by atoms with Gasteiger partial charge in [-0.25, -0.2) is 0 Å². The number of hydroxylamine groups is 2. The van der Waals surface area contributed by atoms with Crippen molar-refractivity contribution in [2.24, 2.45) is 0 Å². The summed E-state index contributed by atoms with van der Waals surface area (Å²) in [6.07, 6.45) is 3.50. The third-order valence-corrected chi connectivity index (χ3v) is 6.28. The monoisotopic (exact) mass is 362 g/mol. The molecule has 3 rings (SSSR count). The van der Waals surface area contributed by atoms with Gasteiger partial charge in [-0.2, -0.15) is 0 Å². The molecule has 0 bridgehead atoms. The Balaban J connectivity index is 1.77. The summed E-state index contributed by atoms with van der Waals surface area (Å²) >= 11 is 5.02. The van der Waals surface area contributed by atoms with Crippen LogP contribution in [0.3, 0.4) is 0 Å². The molecule has 1 aromatic rings. The Morgan fingerprint density at radius 3 is 2.65 bits per heavy atom. The average molecular weight is 363 g/mol. The third-order valence-electron chi connectivity index (χ3n) is 4.17. The van der Waals surface area contributed by atoms with Crippen LogP contribution in [-0.2, 0) is 0 Å². The van der Waals surface area contributed by atoms with Crippen LogP contribution < -0.4 is 4.65 Å². The number of likely N-dealkylation sites (N-methyl/N-ethyl adjacent to an activating group) is 1. The molecule has 8 heteroatoms. The zero-order chi connectivity index (χ0) is 14.3. The Hall–Kier alpha value is -0.120. The first kappa shape index (κ1) is 14.8. The predicted molar refractivity (Wildman–Crippen MR) is 82.5 cm³/mol. The van der Waals surface area contributed by atoms with E-state index in [4.69, 9.17) is 0 Å². The Morgan fingerprint density at radius 2 is 2.05 bits per heavy atom. The van der Waals surface area contributed by atoms with Gasteiger partial charge in [-0.3, -0.25) is 9.55 Å². The molecule has 2 fully saturated rings. The minimum atomic E-state index is -0.959. The van der Waals surface area contributed by atoms with E-state index in [0.717, 1.165) is 30.7 Å². The molecule has 2 heterocycles. The van der Waals surface area contributed by atoms with E-state index in [1.165, 1.54) is 11.3 Å². The van der Waals surface area contributed by atoms with Gasteiger partial charge in [0.2, 0.25) is 6.23 Å². The maximum Gasteiger partial charge on any atom is 0.309 e. The van der Waals surface area contributed by atoms with E-state index < -0.39 is 10.9 Å². The SMILES string of the molecule is CN1CC(O)[N+]([O-])(c2nnc(C3CCC(Br)CC3)s2)C1. The topological polar surface area (TPSA) is 72.3 Å². The number of β-amino-alcohol motifs (C(OH)–C–C–N with tert-alkyl or cyclic N) is 1. The number of quaternary nitrogens is 1. The van der Waals surface area contributed by atoms with Crippen molar-refractivity contribution in [3.63, 3.8) is 0 Å². The van der Waals surface area contributed by atoms with Crippen LogP contribution in [0.15, 0.2) is 0 Å². The number of rotatable bonds is 2. The lowest BCUT2D eigenvalue weighted by Crippen LogP contribution is -2.48. The second kappa shape index (κ2) is 5.58. The molecule has 0 spiro atoms. The van der Waals surface area contributed by atoms with E-state index in [1.807, 2.05) is 11.9 Å². The van der Waals surface area contributed by atoms with Crippen LogP contribution in [0.1, 0.15) is 36.6 Å². The second-order valence-electron chi connectivity index (χ2n) is 5.83. The highest BCUT2D eigenvalue weighted by Crippen LogP contribution is 2.40. The molecule has 2 aliphatic rings. The molecule has 1 N–H and O–H groups in total. The van der Waals surface area contributed by atoms with Crippen molar-refractivity contribution in [2.75, 3.05) is 20.3 Å². The number of hydrogen-bond donors (Lipinski definition) is 1. The molecule has 1 aliphatic heterocycles. The number of aromatic nitrogens is 2. The Morgan fingerprint density at radius 1 is 1.35 bits per heavy atom. The summed E-state index contributed by atoms with van der Waals surface area (Å²) in [6, 6.07) is 0. The van der Waals surface area contributed by atoms with Gasteiger partial charge in [0.25, 0.3) is 0 Å². The number of hydrogen-bond acceptors (Lipinski definition) is 6. The Labute approximate surface area is 130 Å². The van der Waals surface area contributed by atoms with Gasteiger partial charge in [0, 0.05) is 10.7 Å². The largest absolute Gasteiger partial charge is 0.623 e. The third kappa shape index (κ3) is 2.65. The molecule has 6 nitrogen and oxygen atoms in total. The van der Waals surface area contributed by atoms with Crippen LogP contribution in [-0.4, -0.2) is 51.5 Å². The molecular weight excluding hydrogens is 344 g/mol. The van der Waals surface area contributed by atoms with Crippen molar-refractivity contribution in [1.82, 2.24) is 19.7 Å². The Bertz CT molecular complexity index is 480. The van der Waals surface area contributed by atoms with Crippen molar-refractivity contribution in [3.8, 4) is 0 Å². The zero-order valence-electron chi connectivity index (χ0n) is 11.4.